The molecule has 0 fully saturated rings. The number of nitrogens with two attached hydrogens (primary N) is 1. The minimum Gasteiger partial charge on any atom is -0.480 e. The molecule has 2 atom stereocenters. The summed E-state index contributed by atoms with van der Waals surface area (Å²) in [5, 5.41) is 8.40. The molecule has 0 aliphatic carbocycles. The zero-order valence-electron chi connectivity index (χ0n) is 6.91. The van der Waals surface area contributed by atoms with Crippen LogP contribution in [0.3, 0.4) is 0 Å². The number of halogens is 1. The van der Waals surface area contributed by atoms with E-state index in [9.17, 15) is 4.79 Å². The molecular weight excluding hydrogens is 166 g/mol. The standard InChI is InChI=1S/C7H15NO2.ClH/c1-3-5(2)4-6(8)7(9)10;/h5-6H,3-4,8H2,1-2H3,(H,9,10);1H/t5?,6-;/m0./s1. The van der Waals surface area contributed by atoms with Crippen LogP contribution in [0.25, 0.3) is 0 Å². The summed E-state index contributed by atoms with van der Waals surface area (Å²) in [7, 11) is 0. The molecule has 0 aromatic carbocycles. The number of aliphatic carboxylic acids is 1. The Labute approximate surface area is 73.4 Å². The second-order valence-corrected chi connectivity index (χ2v) is 2.69. The second kappa shape index (κ2) is 6.43. The molecule has 4 heteroatoms. The van der Waals surface area contributed by atoms with Gasteiger partial charge in [0.25, 0.3) is 0 Å². The predicted molar refractivity (Wildman–Crippen MR) is 46.9 cm³/mol. The normalized spacial score (nSPS) is 14.8. The molecule has 0 amide bonds. The van der Waals surface area contributed by atoms with E-state index in [1.165, 1.54) is 0 Å². The van der Waals surface area contributed by atoms with Gasteiger partial charge in [0.2, 0.25) is 0 Å². The molecular formula is C7H16ClNO2. The van der Waals surface area contributed by atoms with Gasteiger partial charge in [-0.2, -0.15) is 0 Å². The van der Waals surface area contributed by atoms with E-state index in [4.69, 9.17) is 10.8 Å². The first-order valence-electron chi connectivity index (χ1n) is 3.56. The summed E-state index contributed by atoms with van der Waals surface area (Å²) in [6, 6.07) is -0.685. The van der Waals surface area contributed by atoms with Crippen LogP contribution in [0.15, 0.2) is 0 Å². The third-order valence-electron chi connectivity index (χ3n) is 1.67. The van der Waals surface area contributed by atoms with Crippen LogP contribution in [-0.2, 0) is 4.79 Å². The molecule has 0 aromatic rings. The van der Waals surface area contributed by atoms with E-state index in [-0.39, 0.29) is 12.4 Å². The van der Waals surface area contributed by atoms with Crippen molar-refractivity contribution in [3.8, 4) is 0 Å². The number of hydrogen-bond acceptors (Lipinski definition) is 2. The van der Waals surface area contributed by atoms with Crippen molar-refractivity contribution in [2.75, 3.05) is 0 Å². The molecule has 0 aromatic heterocycles. The average Bonchev–Trinajstić information content (AvgIpc) is 1.87. The van der Waals surface area contributed by atoms with Gasteiger partial charge in [0.15, 0.2) is 0 Å². The van der Waals surface area contributed by atoms with Gasteiger partial charge in [0.05, 0.1) is 0 Å². The fourth-order valence-corrected chi connectivity index (χ4v) is 0.701. The highest BCUT2D eigenvalue weighted by atomic mass is 35.5. The lowest BCUT2D eigenvalue weighted by atomic mass is 10.0. The van der Waals surface area contributed by atoms with Crippen LogP contribution in [0, 0.1) is 5.92 Å². The summed E-state index contributed by atoms with van der Waals surface area (Å²) in [5.41, 5.74) is 5.29. The van der Waals surface area contributed by atoms with Gasteiger partial charge in [0, 0.05) is 0 Å². The molecule has 11 heavy (non-hydrogen) atoms. The average molecular weight is 182 g/mol. The van der Waals surface area contributed by atoms with Crippen LogP contribution in [0.1, 0.15) is 26.7 Å². The van der Waals surface area contributed by atoms with Gasteiger partial charge < -0.3 is 10.8 Å². The Balaban J connectivity index is 0. The van der Waals surface area contributed by atoms with E-state index in [1.807, 2.05) is 13.8 Å². The van der Waals surface area contributed by atoms with Crippen molar-refractivity contribution in [2.24, 2.45) is 11.7 Å². The molecule has 0 spiro atoms. The largest absolute Gasteiger partial charge is 0.480 e. The molecule has 0 saturated heterocycles. The van der Waals surface area contributed by atoms with E-state index in [0.717, 1.165) is 6.42 Å². The van der Waals surface area contributed by atoms with Crippen molar-refractivity contribution in [1.82, 2.24) is 0 Å². The first-order valence-corrected chi connectivity index (χ1v) is 3.56. The summed E-state index contributed by atoms with van der Waals surface area (Å²) in [4.78, 5) is 10.2. The van der Waals surface area contributed by atoms with Crippen molar-refractivity contribution in [3.63, 3.8) is 0 Å². The number of carboxylic acid groups (broad SMARTS) is 1. The van der Waals surface area contributed by atoms with E-state index < -0.39 is 12.0 Å². The van der Waals surface area contributed by atoms with Crippen molar-refractivity contribution in [2.45, 2.75) is 32.7 Å². The zero-order chi connectivity index (χ0) is 8.15. The molecule has 0 aliphatic heterocycles. The first kappa shape index (κ1) is 13.3. The van der Waals surface area contributed by atoms with Crippen molar-refractivity contribution < 1.29 is 9.90 Å². The van der Waals surface area contributed by atoms with Crippen LogP contribution in [0.5, 0.6) is 0 Å². The van der Waals surface area contributed by atoms with E-state index in [2.05, 4.69) is 0 Å². The molecule has 0 aliphatic rings. The molecule has 1 unspecified atom stereocenters. The number of hydrogen-bond donors (Lipinski definition) is 2. The maximum Gasteiger partial charge on any atom is 0.320 e. The quantitative estimate of drug-likeness (QED) is 0.687. The first-order chi connectivity index (χ1) is 4.57. The van der Waals surface area contributed by atoms with Crippen LogP contribution >= 0.6 is 12.4 Å². The van der Waals surface area contributed by atoms with Crippen LogP contribution in [-0.4, -0.2) is 17.1 Å². The summed E-state index contributed by atoms with van der Waals surface area (Å²) in [6.07, 6.45) is 1.56. The molecule has 68 valence electrons. The summed E-state index contributed by atoms with van der Waals surface area (Å²) >= 11 is 0. The van der Waals surface area contributed by atoms with Crippen molar-refractivity contribution in [3.05, 3.63) is 0 Å². The minimum atomic E-state index is -0.902. The fraction of sp³-hybridized carbons (Fsp3) is 0.857. The van der Waals surface area contributed by atoms with Crippen LogP contribution in [0.4, 0.5) is 0 Å². The number of carboxylic acids is 1. The Morgan fingerprint density at radius 3 is 2.36 bits per heavy atom. The maximum atomic E-state index is 10.2. The smallest absolute Gasteiger partial charge is 0.320 e. The van der Waals surface area contributed by atoms with Gasteiger partial charge in [-0.25, -0.2) is 0 Å². The summed E-state index contributed by atoms with van der Waals surface area (Å²) in [5.74, 6) is -0.494. The molecule has 0 radical (unpaired) electrons. The maximum absolute atomic E-state index is 10.2. The third kappa shape index (κ3) is 6.13. The molecule has 0 rings (SSSR count). The lowest BCUT2D eigenvalue weighted by Gasteiger charge is -2.10. The van der Waals surface area contributed by atoms with Gasteiger partial charge >= 0.3 is 5.97 Å². The van der Waals surface area contributed by atoms with Crippen molar-refractivity contribution >= 4 is 18.4 Å². The second-order valence-electron chi connectivity index (χ2n) is 2.69. The van der Waals surface area contributed by atoms with E-state index in [0.29, 0.717) is 12.3 Å². The third-order valence-corrected chi connectivity index (χ3v) is 1.67. The van der Waals surface area contributed by atoms with Gasteiger partial charge in [-0.05, 0) is 12.3 Å². The zero-order valence-corrected chi connectivity index (χ0v) is 7.73. The summed E-state index contributed by atoms with van der Waals surface area (Å²) in [6.45, 7) is 4.03. The van der Waals surface area contributed by atoms with Gasteiger partial charge in [-0.15, -0.1) is 12.4 Å². The highest BCUT2D eigenvalue weighted by Crippen LogP contribution is 2.07. The lowest BCUT2D eigenvalue weighted by molar-refractivity contribution is -0.138. The minimum absolute atomic E-state index is 0. The molecule has 0 bridgehead atoms. The molecule has 0 heterocycles. The lowest BCUT2D eigenvalue weighted by Crippen LogP contribution is -2.31. The van der Waals surface area contributed by atoms with Crippen molar-refractivity contribution in [1.29, 1.82) is 0 Å². The fourth-order valence-electron chi connectivity index (χ4n) is 0.701. The van der Waals surface area contributed by atoms with Gasteiger partial charge in [0.1, 0.15) is 6.04 Å². The SMILES string of the molecule is CCC(C)C[C@H](N)C(=O)O.Cl. The van der Waals surface area contributed by atoms with E-state index >= 15 is 0 Å². The predicted octanol–water partition coefficient (Wildman–Crippen LogP) is 1.26. The van der Waals surface area contributed by atoms with Gasteiger partial charge in [-0.1, -0.05) is 20.3 Å². The monoisotopic (exact) mass is 181 g/mol. The van der Waals surface area contributed by atoms with Crippen LogP contribution in [0.2, 0.25) is 0 Å². The topological polar surface area (TPSA) is 63.3 Å². The number of rotatable bonds is 4. The van der Waals surface area contributed by atoms with Gasteiger partial charge in [-0.3, -0.25) is 4.79 Å². The molecule has 3 nitrogen and oxygen atoms in total. The Bertz CT molecular complexity index is 119. The number of carbonyl (C=O) groups is 1. The Hall–Kier alpha value is -0.280. The summed E-state index contributed by atoms with van der Waals surface area (Å²) < 4.78 is 0. The Morgan fingerprint density at radius 2 is 2.09 bits per heavy atom. The molecule has 0 saturated carbocycles. The highest BCUT2D eigenvalue weighted by molar-refractivity contribution is 5.85. The highest BCUT2D eigenvalue weighted by Gasteiger charge is 2.13. The molecule has 3 N–H and O–H groups in total. The van der Waals surface area contributed by atoms with E-state index in [1.54, 1.807) is 0 Å². The van der Waals surface area contributed by atoms with Crippen LogP contribution < -0.4 is 5.73 Å². The Kier molecular flexibility index (Phi) is 7.79. The Morgan fingerprint density at radius 1 is 1.64 bits per heavy atom.